The zero-order chi connectivity index (χ0) is 7.98. The van der Waals surface area contributed by atoms with Crippen molar-refractivity contribution >= 4 is 13.6 Å². The van der Waals surface area contributed by atoms with Gasteiger partial charge in [0.25, 0.3) is 0 Å². The van der Waals surface area contributed by atoms with Gasteiger partial charge in [0.05, 0.1) is 6.33 Å². The number of hydrogen-bond donors (Lipinski definition) is 0. The molecule has 10 heavy (non-hydrogen) atoms. The molecule has 1 heterocycles. The fourth-order valence-electron chi connectivity index (χ4n) is 0.478. The van der Waals surface area contributed by atoms with Crippen LogP contribution in [0.2, 0.25) is 0 Å². The first-order valence-electron chi connectivity index (χ1n) is 2.50. The Hall–Kier alpha value is -0.127. The number of hydrogen-bond acceptors (Lipinski definition) is 1. The number of imidazole rings is 1. The molecule has 4 heteroatoms. The number of halogens is 1. The number of aryl methyl sites for hydroxylation is 1. The van der Waals surface area contributed by atoms with E-state index in [9.17, 15) is 0 Å². The zero-order valence-corrected chi connectivity index (χ0v) is 10.2. The summed E-state index contributed by atoms with van der Waals surface area (Å²) in [6.07, 6.45) is 9.92. The van der Waals surface area contributed by atoms with Gasteiger partial charge in [0.2, 0.25) is 0 Å². The Kier molecular flexibility index (Phi) is 5.57. The standard InChI is InChI=1S/C6H5N2.BrH.Zn/c1-3-6-4-7-5-8(6)2;;/h4-5H,2H3;1H;/q-1;;+2/p-1. The third-order valence-corrected chi connectivity index (χ3v) is 0.945. The van der Waals surface area contributed by atoms with E-state index in [4.69, 9.17) is 6.42 Å². The minimum absolute atomic E-state index is 0.699. The maximum atomic E-state index is 6.69. The molecule has 0 saturated heterocycles. The summed E-state index contributed by atoms with van der Waals surface area (Å²) >= 11 is 4.25. The van der Waals surface area contributed by atoms with Gasteiger partial charge in [-0.15, -0.1) is 0 Å². The number of rotatable bonds is 0. The molecule has 0 unspecified atom stereocenters. The van der Waals surface area contributed by atoms with Crippen LogP contribution in [0.15, 0.2) is 12.5 Å². The second-order valence-corrected chi connectivity index (χ2v) is 1.51. The molecule has 0 saturated carbocycles. The maximum absolute atomic E-state index is 6.69. The molecule has 0 radical (unpaired) electrons. The molecule has 1 aromatic rings. The topological polar surface area (TPSA) is 17.8 Å². The van der Waals surface area contributed by atoms with Crippen molar-refractivity contribution in [2.75, 3.05) is 0 Å². The molecule has 0 fully saturated rings. The molecule has 0 aromatic carbocycles. The average Bonchev–Trinajstić information content (AvgIpc) is 2.39. The average molecular weight is 250 g/mol. The molecule has 48 valence electrons. The molecule has 0 atom stereocenters. The van der Waals surface area contributed by atoms with Gasteiger partial charge in [0.15, 0.2) is 0 Å². The van der Waals surface area contributed by atoms with Crippen molar-refractivity contribution in [3.8, 4) is 5.92 Å². The van der Waals surface area contributed by atoms with Crippen LogP contribution < -0.4 is 0 Å². The molecular weight excluding hydrogens is 245 g/mol. The Morgan fingerprint density at radius 2 is 2.40 bits per heavy atom. The van der Waals surface area contributed by atoms with Crippen molar-refractivity contribution in [2.45, 2.75) is 0 Å². The fourth-order valence-corrected chi connectivity index (χ4v) is 0.478. The first-order valence-corrected chi connectivity index (χ1v) is 9.45. The summed E-state index contributed by atoms with van der Waals surface area (Å²) in [6, 6.07) is 0. The van der Waals surface area contributed by atoms with E-state index in [1.54, 1.807) is 17.1 Å². The molecule has 0 spiro atoms. The Morgan fingerprint density at radius 3 is 2.60 bits per heavy atom. The van der Waals surface area contributed by atoms with Gasteiger partial charge in [-0.2, -0.15) is 0 Å². The fraction of sp³-hybridized carbons (Fsp3) is 0.167. The molecule has 1 rings (SSSR count). The van der Waals surface area contributed by atoms with Gasteiger partial charge >= 0.3 is 30.0 Å². The van der Waals surface area contributed by atoms with Crippen LogP contribution in [0.5, 0.6) is 0 Å². The van der Waals surface area contributed by atoms with E-state index in [-0.39, 0.29) is 0 Å². The van der Waals surface area contributed by atoms with Gasteiger partial charge in [0, 0.05) is 0 Å². The molecule has 0 bridgehead atoms. The zero-order valence-electron chi connectivity index (χ0n) is 5.63. The van der Waals surface area contributed by atoms with Crippen molar-refractivity contribution in [2.24, 2.45) is 7.05 Å². The molecule has 0 N–H and O–H groups in total. The molecule has 0 aliphatic carbocycles. The van der Waals surface area contributed by atoms with Crippen molar-refractivity contribution in [3.63, 3.8) is 0 Å². The van der Waals surface area contributed by atoms with Crippen molar-refractivity contribution in [1.82, 2.24) is 9.55 Å². The van der Waals surface area contributed by atoms with Crippen molar-refractivity contribution in [1.29, 1.82) is 0 Å². The summed E-state index contributed by atoms with van der Waals surface area (Å²) in [5, 5.41) is 0. The van der Waals surface area contributed by atoms with Crippen LogP contribution in [0.1, 0.15) is 5.69 Å². The van der Waals surface area contributed by atoms with Gasteiger partial charge in [-0.05, 0) is 18.9 Å². The number of aromatic nitrogens is 2. The van der Waals surface area contributed by atoms with E-state index in [0.29, 0.717) is 5.69 Å². The molecule has 0 amide bonds. The quantitative estimate of drug-likeness (QED) is 0.384. The monoisotopic (exact) mass is 248 g/mol. The van der Waals surface area contributed by atoms with Crippen molar-refractivity contribution in [3.05, 3.63) is 24.6 Å². The predicted octanol–water partition coefficient (Wildman–Crippen LogP) is 1.20. The van der Waals surface area contributed by atoms with E-state index in [0.717, 1.165) is 0 Å². The first kappa shape index (κ1) is 9.87. The van der Waals surface area contributed by atoms with Crippen LogP contribution >= 0.6 is 13.6 Å². The van der Waals surface area contributed by atoms with E-state index in [2.05, 4.69) is 24.5 Å². The van der Waals surface area contributed by atoms with Crippen LogP contribution in [0.25, 0.3) is 0 Å². The van der Waals surface area contributed by atoms with Gasteiger partial charge in [-0.3, -0.25) is 10.9 Å². The van der Waals surface area contributed by atoms with Crippen LogP contribution in [0.4, 0.5) is 0 Å². The minimum atomic E-state index is 0.699. The van der Waals surface area contributed by atoms with E-state index < -0.39 is 0 Å². The van der Waals surface area contributed by atoms with Crippen LogP contribution in [-0.2, 0) is 23.4 Å². The summed E-state index contributed by atoms with van der Waals surface area (Å²) in [7, 11) is 1.82. The third kappa shape index (κ3) is 2.64. The molecule has 2 nitrogen and oxygen atoms in total. The van der Waals surface area contributed by atoms with Gasteiger partial charge < -0.3 is 11.0 Å². The summed E-state index contributed by atoms with van der Waals surface area (Å²) in [6.45, 7) is 0. The Morgan fingerprint density at radius 1 is 1.80 bits per heavy atom. The van der Waals surface area contributed by atoms with Crippen LogP contribution in [0.3, 0.4) is 0 Å². The van der Waals surface area contributed by atoms with E-state index in [1.165, 1.54) is 16.3 Å². The van der Waals surface area contributed by atoms with Crippen LogP contribution in [-0.4, -0.2) is 9.55 Å². The van der Waals surface area contributed by atoms with Gasteiger partial charge in [-0.25, -0.2) is 0 Å². The SMILES string of the molecule is [C-]#Cc1cncn1C.[Zn+][Br]. The van der Waals surface area contributed by atoms with Crippen LogP contribution in [0, 0.1) is 12.3 Å². The summed E-state index contributed by atoms with van der Waals surface area (Å²) < 4.78 is 1.73. The summed E-state index contributed by atoms with van der Waals surface area (Å²) in [5.41, 5.74) is 0.699. The third-order valence-electron chi connectivity index (χ3n) is 0.945. The van der Waals surface area contributed by atoms with E-state index >= 15 is 0 Å². The molecule has 0 aliphatic rings. The Balaban J connectivity index is 0.000000371. The Bertz CT molecular complexity index is 226. The van der Waals surface area contributed by atoms with Crippen molar-refractivity contribution < 1.29 is 16.3 Å². The predicted molar refractivity (Wildman–Crippen MR) is 38.4 cm³/mol. The molecular formula is C6H5BrN2Zn. The van der Waals surface area contributed by atoms with Gasteiger partial charge in [0.1, 0.15) is 0 Å². The first-order chi connectivity index (χ1) is 4.84. The Labute approximate surface area is 77.1 Å². The molecule has 1 aromatic heterocycles. The second kappa shape index (κ2) is 5.64. The second-order valence-electron chi connectivity index (χ2n) is 1.51. The number of nitrogens with zero attached hydrogens (tertiary/aromatic N) is 2. The summed E-state index contributed by atoms with van der Waals surface area (Å²) in [5.74, 6) is 2.23. The van der Waals surface area contributed by atoms with Gasteiger partial charge in [-0.1, -0.05) is 0 Å². The summed E-state index contributed by atoms with van der Waals surface area (Å²) in [4.78, 5) is 3.77. The normalized spacial score (nSPS) is 7.50. The van der Waals surface area contributed by atoms with E-state index in [1.807, 2.05) is 7.05 Å². The molecule has 0 aliphatic heterocycles.